The van der Waals surface area contributed by atoms with Gasteiger partial charge in [-0.2, -0.15) is 4.98 Å². The van der Waals surface area contributed by atoms with Crippen LogP contribution in [0.25, 0.3) is 0 Å². The molecule has 24 heavy (non-hydrogen) atoms. The number of aromatic nitrogens is 3. The molecule has 0 aliphatic rings. The minimum atomic E-state index is -0.132. The summed E-state index contributed by atoms with van der Waals surface area (Å²) in [5.74, 6) is 1.25. The van der Waals surface area contributed by atoms with Crippen molar-refractivity contribution in [2.45, 2.75) is 66.2 Å². The van der Waals surface area contributed by atoms with E-state index in [9.17, 15) is 4.79 Å². The Morgan fingerprint density at radius 2 is 1.92 bits per heavy atom. The molecule has 1 N–H and O–H groups in total. The third-order valence-corrected chi connectivity index (χ3v) is 3.72. The highest BCUT2D eigenvalue weighted by molar-refractivity contribution is 5.92. The SMILES string of the molecule is Cc1cc(C)c(NC(=O)CCCc2nc(C(C)(C)C)no2)c(C)n1. The molecule has 130 valence electrons. The zero-order chi connectivity index (χ0) is 17.9. The van der Waals surface area contributed by atoms with Gasteiger partial charge in [-0.3, -0.25) is 9.78 Å². The second kappa shape index (κ2) is 7.11. The molecule has 6 nitrogen and oxygen atoms in total. The lowest BCUT2D eigenvalue weighted by Gasteiger charge is -2.11. The van der Waals surface area contributed by atoms with Crippen molar-refractivity contribution in [2.24, 2.45) is 0 Å². The number of nitrogens with one attached hydrogen (secondary N) is 1. The van der Waals surface area contributed by atoms with Gasteiger partial charge in [0.15, 0.2) is 5.82 Å². The molecule has 0 radical (unpaired) electrons. The van der Waals surface area contributed by atoms with Crippen LogP contribution in [0.4, 0.5) is 5.69 Å². The van der Waals surface area contributed by atoms with Gasteiger partial charge in [-0.1, -0.05) is 25.9 Å². The van der Waals surface area contributed by atoms with E-state index in [1.54, 1.807) is 0 Å². The van der Waals surface area contributed by atoms with Crippen molar-refractivity contribution >= 4 is 11.6 Å². The number of pyridine rings is 1. The Balaban J connectivity index is 1.87. The Morgan fingerprint density at radius 1 is 1.21 bits per heavy atom. The lowest BCUT2D eigenvalue weighted by atomic mass is 9.96. The molecule has 0 aliphatic heterocycles. The molecule has 0 atom stereocenters. The van der Waals surface area contributed by atoms with E-state index in [0.29, 0.717) is 31.0 Å². The molecule has 6 heteroatoms. The predicted octanol–water partition coefficient (Wildman–Crippen LogP) is 3.65. The Hall–Kier alpha value is -2.24. The van der Waals surface area contributed by atoms with Crippen LogP contribution in [0.2, 0.25) is 0 Å². The van der Waals surface area contributed by atoms with E-state index in [1.807, 2.05) is 47.6 Å². The van der Waals surface area contributed by atoms with Crippen LogP contribution in [0.5, 0.6) is 0 Å². The number of amides is 1. The van der Waals surface area contributed by atoms with E-state index < -0.39 is 0 Å². The maximum Gasteiger partial charge on any atom is 0.226 e. The van der Waals surface area contributed by atoms with Crippen molar-refractivity contribution in [3.63, 3.8) is 0 Å². The first-order valence-electron chi connectivity index (χ1n) is 8.24. The first-order chi connectivity index (χ1) is 11.2. The van der Waals surface area contributed by atoms with Crippen molar-refractivity contribution in [2.75, 3.05) is 5.32 Å². The molecule has 2 aromatic rings. The maximum atomic E-state index is 12.2. The van der Waals surface area contributed by atoms with Crippen molar-refractivity contribution in [3.8, 4) is 0 Å². The van der Waals surface area contributed by atoms with Crippen molar-refractivity contribution < 1.29 is 9.32 Å². The molecule has 0 spiro atoms. The largest absolute Gasteiger partial charge is 0.339 e. The van der Waals surface area contributed by atoms with Crippen molar-refractivity contribution in [3.05, 3.63) is 34.7 Å². The maximum absolute atomic E-state index is 12.2. The molecule has 0 fully saturated rings. The second-order valence-corrected chi connectivity index (χ2v) is 7.20. The van der Waals surface area contributed by atoms with Gasteiger partial charge in [-0.15, -0.1) is 0 Å². The third-order valence-electron chi connectivity index (χ3n) is 3.72. The summed E-state index contributed by atoms with van der Waals surface area (Å²) in [6, 6.07) is 1.97. The van der Waals surface area contributed by atoms with Crippen LogP contribution in [-0.4, -0.2) is 21.0 Å². The molecule has 2 heterocycles. The quantitative estimate of drug-likeness (QED) is 0.905. The van der Waals surface area contributed by atoms with Crippen LogP contribution in [0, 0.1) is 20.8 Å². The number of carbonyl (C=O) groups excluding carboxylic acids is 1. The standard InChI is InChI=1S/C18H26N4O2/c1-11-10-12(2)19-13(3)16(11)20-14(23)8-7-9-15-21-17(22-24-15)18(4,5)6/h10H,7-9H2,1-6H3,(H,20,23). The molecule has 0 aliphatic carbocycles. The molecular weight excluding hydrogens is 304 g/mol. The van der Waals surface area contributed by atoms with Gasteiger partial charge in [-0.05, 0) is 38.8 Å². The van der Waals surface area contributed by atoms with Crippen LogP contribution in [0.15, 0.2) is 10.6 Å². The summed E-state index contributed by atoms with van der Waals surface area (Å²) in [7, 11) is 0. The summed E-state index contributed by atoms with van der Waals surface area (Å²) in [6.45, 7) is 11.9. The number of anilines is 1. The molecule has 0 saturated carbocycles. The number of hydrogen-bond donors (Lipinski definition) is 1. The van der Waals surface area contributed by atoms with Crippen LogP contribution >= 0.6 is 0 Å². The molecule has 2 rings (SSSR count). The topological polar surface area (TPSA) is 80.9 Å². The van der Waals surface area contributed by atoms with Gasteiger partial charge in [0.25, 0.3) is 0 Å². The first-order valence-corrected chi connectivity index (χ1v) is 8.24. The summed E-state index contributed by atoms with van der Waals surface area (Å²) in [5, 5.41) is 6.94. The van der Waals surface area contributed by atoms with Crippen LogP contribution in [0.3, 0.4) is 0 Å². The zero-order valence-corrected chi connectivity index (χ0v) is 15.4. The average molecular weight is 330 g/mol. The number of nitrogens with zero attached hydrogens (tertiary/aromatic N) is 3. The van der Waals surface area contributed by atoms with Gasteiger partial charge in [0.05, 0.1) is 11.4 Å². The van der Waals surface area contributed by atoms with E-state index in [-0.39, 0.29) is 11.3 Å². The van der Waals surface area contributed by atoms with E-state index in [1.165, 1.54) is 0 Å². The summed E-state index contributed by atoms with van der Waals surface area (Å²) >= 11 is 0. The molecule has 2 aromatic heterocycles. The molecule has 1 amide bonds. The van der Waals surface area contributed by atoms with Crippen LogP contribution in [0.1, 0.15) is 62.3 Å². The second-order valence-electron chi connectivity index (χ2n) is 7.20. The van der Waals surface area contributed by atoms with E-state index >= 15 is 0 Å². The first kappa shape index (κ1) is 18.1. The molecular formula is C18H26N4O2. The normalized spacial score (nSPS) is 11.6. The van der Waals surface area contributed by atoms with Crippen molar-refractivity contribution in [1.82, 2.24) is 15.1 Å². The van der Waals surface area contributed by atoms with E-state index in [4.69, 9.17) is 4.52 Å². The molecule has 0 unspecified atom stereocenters. The lowest BCUT2D eigenvalue weighted by Crippen LogP contribution is -2.14. The number of hydrogen-bond acceptors (Lipinski definition) is 5. The smallest absolute Gasteiger partial charge is 0.226 e. The Bertz CT molecular complexity index is 706. The fraction of sp³-hybridized carbons (Fsp3) is 0.556. The van der Waals surface area contributed by atoms with Gasteiger partial charge >= 0.3 is 0 Å². The highest BCUT2D eigenvalue weighted by Gasteiger charge is 2.20. The highest BCUT2D eigenvalue weighted by Crippen LogP contribution is 2.20. The third kappa shape index (κ3) is 4.63. The van der Waals surface area contributed by atoms with E-state index in [0.717, 1.165) is 22.6 Å². The molecule has 0 bridgehead atoms. The van der Waals surface area contributed by atoms with Gasteiger partial charge in [-0.25, -0.2) is 0 Å². The Morgan fingerprint density at radius 3 is 2.50 bits per heavy atom. The van der Waals surface area contributed by atoms with Crippen LogP contribution in [-0.2, 0) is 16.6 Å². The summed E-state index contributed by atoms with van der Waals surface area (Å²) in [6.07, 6.45) is 1.66. The average Bonchev–Trinajstić information content (AvgIpc) is 2.91. The Labute approximate surface area is 143 Å². The monoisotopic (exact) mass is 330 g/mol. The zero-order valence-electron chi connectivity index (χ0n) is 15.4. The highest BCUT2D eigenvalue weighted by atomic mass is 16.5. The lowest BCUT2D eigenvalue weighted by molar-refractivity contribution is -0.116. The van der Waals surface area contributed by atoms with Gasteiger partial charge in [0.2, 0.25) is 11.8 Å². The van der Waals surface area contributed by atoms with Gasteiger partial charge in [0.1, 0.15) is 0 Å². The van der Waals surface area contributed by atoms with Gasteiger partial charge < -0.3 is 9.84 Å². The molecule has 0 saturated heterocycles. The Kier molecular flexibility index (Phi) is 5.36. The summed E-state index contributed by atoms with van der Waals surface area (Å²) in [4.78, 5) is 20.9. The van der Waals surface area contributed by atoms with E-state index in [2.05, 4.69) is 20.4 Å². The van der Waals surface area contributed by atoms with Gasteiger partial charge in [0, 0.05) is 24.0 Å². The molecule has 0 aromatic carbocycles. The fourth-order valence-electron chi connectivity index (χ4n) is 2.48. The predicted molar refractivity (Wildman–Crippen MR) is 93.0 cm³/mol. The number of rotatable bonds is 5. The number of aryl methyl sites for hydroxylation is 4. The minimum Gasteiger partial charge on any atom is -0.339 e. The summed E-state index contributed by atoms with van der Waals surface area (Å²) < 4.78 is 5.24. The van der Waals surface area contributed by atoms with Crippen LogP contribution < -0.4 is 5.32 Å². The minimum absolute atomic E-state index is 0.0255. The fourth-order valence-corrected chi connectivity index (χ4v) is 2.48. The number of carbonyl (C=O) groups is 1. The summed E-state index contributed by atoms with van der Waals surface area (Å²) in [5.41, 5.74) is 3.49. The van der Waals surface area contributed by atoms with Crippen molar-refractivity contribution in [1.29, 1.82) is 0 Å².